The number of benzene rings is 3. The SMILES string of the molecule is CC(=O)N(c1ccc(Cl)cc1)C1CC(C)N(C(=O)c2ccc(OCCCN3CCNCC3)cc2)c2ccccc21. The van der Waals surface area contributed by atoms with Crippen LogP contribution in [-0.4, -0.2) is 62.1 Å². The van der Waals surface area contributed by atoms with Crippen LogP contribution in [0.2, 0.25) is 5.02 Å². The van der Waals surface area contributed by atoms with Crippen molar-refractivity contribution in [3.8, 4) is 5.75 Å². The van der Waals surface area contributed by atoms with Crippen LogP contribution in [0.25, 0.3) is 0 Å². The Morgan fingerprint density at radius 2 is 1.70 bits per heavy atom. The van der Waals surface area contributed by atoms with Crippen LogP contribution in [0.5, 0.6) is 5.75 Å². The first kappa shape index (κ1) is 28.1. The van der Waals surface area contributed by atoms with Crippen LogP contribution in [0.1, 0.15) is 48.7 Å². The Hall–Kier alpha value is -3.39. The number of nitrogens with zero attached hydrogens (tertiary/aromatic N) is 3. The summed E-state index contributed by atoms with van der Waals surface area (Å²) in [7, 11) is 0. The van der Waals surface area contributed by atoms with Crippen molar-refractivity contribution < 1.29 is 14.3 Å². The molecule has 0 saturated carbocycles. The van der Waals surface area contributed by atoms with Crippen molar-refractivity contribution in [2.24, 2.45) is 0 Å². The summed E-state index contributed by atoms with van der Waals surface area (Å²) in [6, 6.07) is 22.3. The quantitative estimate of drug-likeness (QED) is 0.366. The standard InChI is InChI=1S/C32H37ClN4O3/c1-23-22-31(37(24(2)38)27-12-10-26(33)11-13-27)29-6-3-4-7-30(29)36(23)32(39)25-8-14-28(15-9-25)40-21-5-18-35-19-16-34-17-20-35/h3-4,6-15,23,31,34H,5,16-22H2,1-2H3. The number of fused-ring (bicyclic) bond motifs is 1. The molecule has 2 amide bonds. The Bertz CT molecular complexity index is 1310. The number of para-hydroxylation sites is 1. The lowest BCUT2D eigenvalue weighted by Crippen LogP contribution is -2.47. The molecule has 210 valence electrons. The van der Waals surface area contributed by atoms with E-state index in [9.17, 15) is 9.59 Å². The molecule has 2 aliphatic heterocycles. The number of halogens is 1. The topological polar surface area (TPSA) is 65.1 Å². The summed E-state index contributed by atoms with van der Waals surface area (Å²) in [5.74, 6) is 0.645. The van der Waals surface area contributed by atoms with Gasteiger partial charge in [-0.25, -0.2) is 0 Å². The number of amides is 2. The number of anilines is 2. The number of rotatable bonds is 8. The largest absolute Gasteiger partial charge is 0.494 e. The average molecular weight is 561 g/mol. The first-order valence-corrected chi connectivity index (χ1v) is 14.4. The third-order valence-corrected chi connectivity index (χ3v) is 7.99. The fourth-order valence-electron chi connectivity index (χ4n) is 5.76. The van der Waals surface area contributed by atoms with Crippen molar-refractivity contribution in [2.45, 2.75) is 38.8 Å². The molecule has 1 N–H and O–H groups in total. The van der Waals surface area contributed by atoms with Gasteiger partial charge >= 0.3 is 0 Å². The number of nitrogens with one attached hydrogen (secondary N) is 1. The lowest BCUT2D eigenvalue weighted by Gasteiger charge is -2.43. The number of carbonyl (C=O) groups excluding carboxylic acids is 2. The zero-order valence-corrected chi connectivity index (χ0v) is 23.9. The molecule has 0 spiro atoms. The van der Waals surface area contributed by atoms with Gasteiger partial charge in [0.15, 0.2) is 0 Å². The minimum Gasteiger partial charge on any atom is -0.494 e. The zero-order chi connectivity index (χ0) is 28.1. The Labute approximate surface area is 241 Å². The maximum Gasteiger partial charge on any atom is 0.258 e. The fraction of sp³-hybridized carbons (Fsp3) is 0.375. The molecule has 3 aromatic carbocycles. The van der Waals surface area contributed by atoms with E-state index in [0.717, 1.165) is 61.8 Å². The minimum atomic E-state index is -0.203. The predicted octanol–water partition coefficient (Wildman–Crippen LogP) is 5.55. The highest BCUT2D eigenvalue weighted by atomic mass is 35.5. The zero-order valence-electron chi connectivity index (χ0n) is 23.2. The molecule has 0 radical (unpaired) electrons. The Kier molecular flexibility index (Phi) is 9.04. The number of piperazine rings is 1. The van der Waals surface area contributed by atoms with Gasteiger partial charge in [-0.15, -0.1) is 0 Å². The molecule has 40 heavy (non-hydrogen) atoms. The maximum atomic E-state index is 13.8. The summed E-state index contributed by atoms with van der Waals surface area (Å²) in [5, 5.41) is 3.99. The molecule has 0 aliphatic carbocycles. The summed E-state index contributed by atoms with van der Waals surface area (Å²) in [6.45, 7) is 9.57. The van der Waals surface area contributed by atoms with Gasteiger partial charge in [0.1, 0.15) is 5.75 Å². The van der Waals surface area contributed by atoms with Crippen molar-refractivity contribution in [2.75, 3.05) is 49.1 Å². The second-order valence-electron chi connectivity index (χ2n) is 10.5. The second-order valence-corrected chi connectivity index (χ2v) is 11.0. The second kappa shape index (κ2) is 12.9. The molecule has 5 rings (SSSR count). The first-order chi connectivity index (χ1) is 19.4. The van der Waals surface area contributed by atoms with Crippen LogP contribution < -0.4 is 19.9 Å². The molecule has 0 aromatic heterocycles. The molecule has 1 fully saturated rings. The molecule has 7 nitrogen and oxygen atoms in total. The van der Waals surface area contributed by atoms with Gasteiger partial charge in [-0.05, 0) is 79.9 Å². The van der Waals surface area contributed by atoms with E-state index in [2.05, 4.69) is 10.2 Å². The summed E-state index contributed by atoms with van der Waals surface area (Å²) in [6.07, 6.45) is 1.58. The normalized spacial score (nSPS) is 19.1. The molecule has 2 aliphatic rings. The van der Waals surface area contributed by atoms with Gasteiger partial charge in [-0.3, -0.25) is 9.59 Å². The van der Waals surface area contributed by atoms with Crippen LogP contribution in [-0.2, 0) is 4.79 Å². The van der Waals surface area contributed by atoms with E-state index in [1.165, 1.54) is 0 Å². The number of hydrogen-bond donors (Lipinski definition) is 1. The van der Waals surface area contributed by atoms with E-state index in [1.807, 2.05) is 77.4 Å². The van der Waals surface area contributed by atoms with Crippen molar-refractivity contribution in [3.05, 3.63) is 88.9 Å². The van der Waals surface area contributed by atoms with E-state index in [-0.39, 0.29) is 23.9 Å². The Morgan fingerprint density at radius 3 is 2.40 bits per heavy atom. The van der Waals surface area contributed by atoms with E-state index >= 15 is 0 Å². The molecule has 1 saturated heterocycles. The van der Waals surface area contributed by atoms with Gasteiger partial charge < -0.3 is 24.8 Å². The van der Waals surface area contributed by atoms with E-state index in [0.29, 0.717) is 23.6 Å². The molecule has 2 atom stereocenters. The molecule has 2 heterocycles. The van der Waals surface area contributed by atoms with E-state index < -0.39 is 0 Å². The molecular weight excluding hydrogens is 524 g/mol. The van der Waals surface area contributed by atoms with Crippen LogP contribution >= 0.6 is 11.6 Å². The smallest absolute Gasteiger partial charge is 0.258 e. The van der Waals surface area contributed by atoms with E-state index in [1.54, 1.807) is 19.1 Å². The van der Waals surface area contributed by atoms with Gasteiger partial charge in [0.05, 0.1) is 12.6 Å². The molecule has 2 unspecified atom stereocenters. The summed E-state index contributed by atoms with van der Waals surface area (Å²) in [5.41, 5.74) is 3.16. The maximum absolute atomic E-state index is 13.8. The number of carbonyl (C=O) groups is 2. The molecule has 3 aromatic rings. The van der Waals surface area contributed by atoms with Crippen LogP contribution in [0.3, 0.4) is 0 Å². The third-order valence-electron chi connectivity index (χ3n) is 7.73. The summed E-state index contributed by atoms with van der Waals surface area (Å²) in [4.78, 5) is 32.8. The molecule has 8 heteroatoms. The van der Waals surface area contributed by atoms with Crippen LogP contribution in [0, 0.1) is 0 Å². The van der Waals surface area contributed by atoms with Crippen molar-refractivity contribution in [1.82, 2.24) is 10.2 Å². The van der Waals surface area contributed by atoms with Crippen LogP contribution in [0.4, 0.5) is 11.4 Å². The van der Waals surface area contributed by atoms with E-state index in [4.69, 9.17) is 16.3 Å². The molecule has 0 bridgehead atoms. The van der Waals surface area contributed by atoms with Crippen LogP contribution in [0.15, 0.2) is 72.8 Å². The van der Waals surface area contributed by atoms with Gasteiger partial charge in [-0.1, -0.05) is 29.8 Å². The average Bonchev–Trinajstić information content (AvgIpc) is 2.97. The number of hydrogen-bond acceptors (Lipinski definition) is 5. The van der Waals surface area contributed by atoms with Gasteiger partial charge in [0, 0.05) is 67.7 Å². The van der Waals surface area contributed by atoms with Crippen molar-refractivity contribution in [1.29, 1.82) is 0 Å². The Morgan fingerprint density at radius 1 is 1.00 bits per heavy atom. The third kappa shape index (κ3) is 6.33. The predicted molar refractivity (Wildman–Crippen MR) is 161 cm³/mol. The van der Waals surface area contributed by atoms with Crippen molar-refractivity contribution >= 4 is 34.8 Å². The highest BCUT2D eigenvalue weighted by molar-refractivity contribution is 6.30. The van der Waals surface area contributed by atoms with Gasteiger partial charge in [-0.2, -0.15) is 0 Å². The summed E-state index contributed by atoms with van der Waals surface area (Å²) >= 11 is 6.11. The lowest BCUT2D eigenvalue weighted by molar-refractivity contribution is -0.117. The lowest BCUT2D eigenvalue weighted by atomic mass is 9.89. The highest BCUT2D eigenvalue weighted by Gasteiger charge is 2.38. The highest BCUT2D eigenvalue weighted by Crippen LogP contribution is 2.43. The number of ether oxygens (including phenoxy) is 1. The Balaban J connectivity index is 1.30. The summed E-state index contributed by atoms with van der Waals surface area (Å²) < 4.78 is 5.95. The van der Waals surface area contributed by atoms with Crippen molar-refractivity contribution in [3.63, 3.8) is 0 Å². The molecular formula is C32H37ClN4O3. The minimum absolute atomic E-state index is 0.0578. The first-order valence-electron chi connectivity index (χ1n) is 14.1. The van der Waals surface area contributed by atoms with Gasteiger partial charge in [0.2, 0.25) is 5.91 Å². The van der Waals surface area contributed by atoms with Gasteiger partial charge in [0.25, 0.3) is 5.91 Å². The monoisotopic (exact) mass is 560 g/mol. The fourth-order valence-corrected chi connectivity index (χ4v) is 5.89.